The maximum absolute atomic E-state index is 13.3. The largest absolute Gasteiger partial charge is 0.256 e. The predicted molar refractivity (Wildman–Crippen MR) is 99.2 cm³/mol. The molecule has 140 valence electrons. The van der Waals surface area contributed by atoms with E-state index in [2.05, 4.69) is 9.97 Å². The van der Waals surface area contributed by atoms with E-state index in [-0.39, 0.29) is 0 Å². The van der Waals surface area contributed by atoms with E-state index >= 15 is 0 Å². The molecular weight excluding hydrogens is 368 g/mol. The molecule has 2 heterocycles. The van der Waals surface area contributed by atoms with Gasteiger partial charge < -0.3 is 0 Å². The van der Waals surface area contributed by atoms with E-state index < -0.39 is 23.3 Å². The summed E-state index contributed by atoms with van der Waals surface area (Å²) < 4.78 is 51.7. The maximum atomic E-state index is 13.3. The summed E-state index contributed by atoms with van der Waals surface area (Å²) >= 11 is 0. The number of hydrogen-bond donors (Lipinski definition) is 0. The van der Waals surface area contributed by atoms with Crippen molar-refractivity contribution in [3.63, 3.8) is 0 Å². The molecule has 2 aromatic carbocycles. The van der Waals surface area contributed by atoms with E-state index in [1.165, 1.54) is 24.3 Å². The number of pyridine rings is 2. The number of halogens is 4. The van der Waals surface area contributed by atoms with Crippen molar-refractivity contribution in [1.82, 2.24) is 9.97 Å². The van der Waals surface area contributed by atoms with Crippen LogP contribution in [0.3, 0.4) is 0 Å². The molecule has 0 saturated heterocycles. The Morgan fingerprint density at radius 3 is 1.25 bits per heavy atom. The third-order valence-electron chi connectivity index (χ3n) is 3.74. The highest BCUT2D eigenvalue weighted by molar-refractivity contribution is 5.60. The number of aromatic nitrogens is 2. The van der Waals surface area contributed by atoms with E-state index in [9.17, 15) is 17.6 Å². The van der Waals surface area contributed by atoms with Gasteiger partial charge in [0.05, 0.1) is 11.4 Å². The minimum atomic E-state index is -0.594. The van der Waals surface area contributed by atoms with Gasteiger partial charge in [-0.15, -0.1) is 0 Å². The van der Waals surface area contributed by atoms with E-state index in [1.807, 2.05) is 0 Å². The topological polar surface area (TPSA) is 25.8 Å². The smallest absolute Gasteiger partial charge is 0.135 e. The lowest BCUT2D eigenvalue weighted by Crippen LogP contribution is -1.88. The lowest BCUT2D eigenvalue weighted by molar-refractivity contribution is 0.584. The van der Waals surface area contributed by atoms with Gasteiger partial charge in [-0.25, -0.2) is 17.6 Å². The summed E-state index contributed by atoms with van der Waals surface area (Å²) in [4.78, 5) is 7.95. The zero-order chi connectivity index (χ0) is 19.9. The lowest BCUT2D eigenvalue weighted by atomic mass is 10.1. The Morgan fingerprint density at radius 2 is 0.929 bits per heavy atom. The molecule has 0 atom stereocenters. The van der Waals surface area contributed by atoms with Crippen molar-refractivity contribution in [3.05, 3.63) is 108 Å². The molecule has 0 fully saturated rings. The summed E-state index contributed by atoms with van der Waals surface area (Å²) in [5.74, 6) is -2.35. The summed E-state index contributed by atoms with van der Waals surface area (Å²) in [6.07, 6.45) is 3.14. The highest BCUT2D eigenvalue weighted by Crippen LogP contribution is 2.21. The van der Waals surface area contributed by atoms with Crippen molar-refractivity contribution in [2.24, 2.45) is 0 Å². The second kappa shape index (κ2) is 8.90. The zero-order valence-electron chi connectivity index (χ0n) is 14.5. The van der Waals surface area contributed by atoms with Crippen LogP contribution in [0.15, 0.2) is 85.2 Å². The van der Waals surface area contributed by atoms with Gasteiger partial charge in [0.25, 0.3) is 0 Å². The number of hydrogen-bond acceptors (Lipinski definition) is 2. The normalized spacial score (nSPS) is 10.1. The second-order valence-electron chi connectivity index (χ2n) is 5.68. The first kappa shape index (κ1) is 19.2. The number of nitrogens with zero attached hydrogens (tertiary/aromatic N) is 2. The van der Waals surface area contributed by atoms with Gasteiger partial charge >= 0.3 is 0 Å². The zero-order valence-corrected chi connectivity index (χ0v) is 14.5. The van der Waals surface area contributed by atoms with Crippen molar-refractivity contribution in [3.8, 4) is 22.5 Å². The first-order chi connectivity index (χ1) is 13.5. The highest BCUT2D eigenvalue weighted by atomic mass is 19.1. The summed E-state index contributed by atoms with van der Waals surface area (Å²) in [6.45, 7) is 0. The SMILES string of the molecule is Fc1ccc(-c2ccccn2)c(F)c1.Fc1ccc(-c2ccccn2)c(F)c1. The number of rotatable bonds is 2. The molecule has 0 radical (unpaired) electrons. The lowest BCUT2D eigenvalue weighted by Gasteiger charge is -2.01. The summed E-state index contributed by atoms with van der Waals surface area (Å²) in [6, 6.07) is 17.2. The van der Waals surface area contributed by atoms with Gasteiger partial charge in [-0.3, -0.25) is 9.97 Å². The van der Waals surface area contributed by atoms with Gasteiger partial charge in [0.15, 0.2) is 0 Å². The van der Waals surface area contributed by atoms with E-state index in [0.717, 1.165) is 12.1 Å². The van der Waals surface area contributed by atoms with E-state index in [0.29, 0.717) is 22.5 Å². The molecule has 0 spiro atoms. The minimum Gasteiger partial charge on any atom is -0.256 e. The quantitative estimate of drug-likeness (QED) is 0.394. The monoisotopic (exact) mass is 382 g/mol. The predicted octanol–water partition coefficient (Wildman–Crippen LogP) is 6.05. The van der Waals surface area contributed by atoms with Gasteiger partial charge in [0.2, 0.25) is 0 Å². The molecule has 2 aromatic heterocycles. The fourth-order valence-electron chi connectivity index (χ4n) is 2.44. The van der Waals surface area contributed by atoms with Crippen molar-refractivity contribution >= 4 is 0 Å². The first-order valence-corrected chi connectivity index (χ1v) is 8.27. The van der Waals surface area contributed by atoms with Crippen LogP contribution in [0, 0.1) is 23.3 Å². The molecule has 0 aliphatic rings. The molecular formula is C22H14F4N2. The van der Waals surface area contributed by atoms with E-state index in [1.54, 1.807) is 48.8 Å². The van der Waals surface area contributed by atoms with Crippen LogP contribution in [-0.2, 0) is 0 Å². The second-order valence-corrected chi connectivity index (χ2v) is 5.68. The molecule has 0 aliphatic heterocycles. The van der Waals surface area contributed by atoms with Crippen molar-refractivity contribution in [1.29, 1.82) is 0 Å². The van der Waals surface area contributed by atoms with Crippen LogP contribution in [0.1, 0.15) is 0 Å². The Balaban J connectivity index is 0.000000161. The van der Waals surface area contributed by atoms with Crippen LogP contribution in [0.5, 0.6) is 0 Å². The average Bonchev–Trinajstić information content (AvgIpc) is 2.70. The number of benzene rings is 2. The molecule has 0 saturated carbocycles. The van der Waals surface area contributed by atoms with Crippen LogP contribution in [0.25, 0.3) is 22.5 Å². The average molecular weight is 382 g/mol. The summed E-state index contributed by atoms with van der Waals surface area (Å²) in [5, 5.41) is 0. The Morgan fingerprint density at radius 1 is 0.500 bits per heavy atom. The van der Waals surface area contributed by atoms with Crippen molar-refractivity contribution in [2.75, 3.05) is 0 Å². The van der Waals surface area contributed by atoms with Crippen LogP contribution < -0.4 is 0 Å². The Kier molecular flexibility index (Phi) is 6.11. The minimum absolute atomic E-state index is 0.312. The first-order valence-electron chi connectivity index (χ1n) is 8.27. The fourth-order valence-corrected chi connectivity index (χ4v) is 2.44. The Bertz CT molecular complexity index is 968. The third-order valence-corrected chi connectivity index (χ3v) is 3.74. The molecule has 2 nitrogen and oxygen atoms in total. The molecule has 0 N–H and O–H groups in total. The van der Waals surface area contributed by atoms with E-state index in [4.69, 9.17) is 0 Å². The molecule has 0 unspecified atom stereocenters. The molecule has 4 rings (SSSR count). The van der Waals surface area contributed by atoms with Gasteiger partial charge in [-0.1, -0.05) is 12.1 Å². The molecule has 6 heteroatoms. The standard InChI is InChI=1S/2C11H7F2N/c2*12-8-4-5-9(10(13)7-8)11-3-1-2-6-14-11/h2*1-7H. The summed E-state index contributed by atoms with van der Waals surface area (Å²) in [7, 11) is 0. The van der Waals surface area contributed by atoms with Crippen LogP contribution >= 0.6 is 0 Å². The molecule has 4 aromatic rings. The molecule has 0 bridgehead atoms. The van der Waals surface area contributed by atoms with Crippen LogP contribution in [0.2, 0.25) is 0 Å². The molecule has 28 heavy (non-hydrogen) atoms. The Labute approximate surface area is 159 Å². The van der Waals surface area contributed by atoms with Crippen molar-refractivity contribution < 1.29 is 17.6 Å². The third kappa shape index (κ3) is 4.79. The summed E-state index contributed by atoms with van der Waals surface area (Å²) in [5.41, 5.74) is 1.63. The maximum Gasteiger partial charge on any atom is 0.135 e. The van der Waals surface area contributed by atoms with Crippen LogP contribution in [0.4, 0.5) is 17.6 Å². The molecule has 0 aliphatic carbocycles. The van der Waals surface area contributed by atoms with Gasteiger partial charge in [-0.2, -0.15) is 0 Å². The molecule has 0 amide bonds. The highest BCUT2D eigenvalue weighted by Gasteiger charge is 2.07. The Hall–Kier alpha value is -3.54. The fraction of sp³-hybridized carbons (Fsp3) is 0. The van der Waals surface area contributed by atoms with Gasteiger partial charge in [0.1, 0.15) is 23.3 Å². The van der Waals surface area contributed by atoms with Gasteiger partial charge in [-0.05, 0) is 48.5 Å². The van der Waals surface area contributed by atoms with Gasteiger partial charge in [0, 0.05) is 35.7 Å². The van der Waals surface area contributed by atoms with Crippen molar-refractivity contribution in [2.45, 2.75) is 0 Å². The van der Waals surface area contributed by atoms with Crippen LogP contribution in [-0.4, -0.2) is 9.97 Å².